The van der Waals surface area contributed by atoms with Crippen LogP contribution < -0.4 is 5.32 Å². The van der Waals surface area contributed by atoms with Crippen molar-refractivity contribution in [3.63, 3.8) is 0 Å². The monoisotopic (exact) mass is 271 g/mol. The maximum Gasteiger partial charge on any atom is 0.389 e. The topological polar surface area (TPSA) is 30.5 Å². The molecule has 0 bridgehead atoms. The summed E-state index contributed by atoms with van der Waals surface area (Å²) in [6.45, 7) is 6.80. The molecule has 1 N–H and O–H groups in total. The van der Waals surface area contributed by atoms with Gasteiger partial charge < -0.3 is 14.8 Å². The molecule has 0 saturated carbocycles. The molecule has 6 heteroatoms. The van der Waals surface area contributed by atoms with Crippen molar-refractivity contribution in [2.45, 2.75) is 45.4 Å². The Morgan fingerprint density at radius 1 is 1.00 bits per heavy atom. The lowest BCUT2D eigenvalue weighted by molar-refractivity contribution is -0.137. The lowest BCUT2D eigenvalue weighted by Crippen LogP contribution is -2.22. The highest BCUT2D eigenvalue weighted by Crippen LogP contribution is 2.20. The van der Waals surface area contributed by atoms with Crippen molar-refractivity contribution in [2.24, 2.45) is 0 Å². The van der Waals surface area contributed by atoms with E-state index in [1.807, 2.05) is 13.8 Å². The first kappa shape index (κ1) is 17.7. The molecule has 0 aliphatic carbocycles. The van der Waals surface area contributed by atoms with Crippen LogP contribution in [0.2, 0.25) is 0 Å². The van der Waals surface area contributed by atoms with Crippen LogP contribution in [0.3, 0.4) is 0 Å². The SMILES string of the molecule is CC(C)OCCCNCCOCCCC(F)(F)F. The van der Waals surface area contributed by atoms with Crippen molar-refractivity contribution >= 4 is 0 Å². The van der Waals surface area contributed by atoms with E-state index in [4.69, 9.17) is 9.47 Å². The summed E-state index contributed by atoms with van der Waals surface area (Å²) in [5.74, 6) is 0. The summed E-state index contributed by atoms with van der Waals surface area (Å²) in [4.78, 5) is 0. The molecule has 0 fully saturated rings. The molecule has 0 atom stereocenters. The van der Waals surface area contributed by atoms with E-state index in [0.717, 1.165) is 19.6 Å². The smallest absolute Gasteiger partial charge is 0.380 e. The maximum absolute atomic E-state index is 11.8. The van der Waals surface area contributed by atoms with Gasteiger partial charge in [0, 0.05) is 26.2 Å². The molecular formula is C12H24F3NO2. The van der Waals surface area contributed by atoms with Crippen LogP contribution in [-0.2, 0) is 9.47 Å². The quantitative estimate of drug-likeness (QED) is 0.586. The van der Waals surface area contributed by atoms with E-state index >= 15 is 0 Å². The minimum atomic E-state index is -4.07. The highest BCUT2D eigenvalue weighted by Gasteiger charge is 2.25. The average molecular weight is 271 g/mol. The Labute approximate surface area is 107 Å². The van der Waals surface area contributed by atoms with Crippen LogP contribution in [0.4, 0.5) is 13.2 Å². The largest absolute Gasteiger partial charge is 0.389 e. The van der Waals surface area contributed by atoms with E-state index < -0.39 is 12.6 Å². The normalized spacial score (nSPS) is 12.3. The van der Waals surface area contributed by atoms with Gasteiger partial charge in [-0.25, -0.2) is 0 Å². The predicted octanol–water partition coefficient (Wildman–Crippen LogP) is 2.75. The Morgan fingerprint density at radius 2 is 1.72 bits per heavy atom. The highest BCUT2D eigenvalue weighted by atomic mass is 19.4. The Bertz CT molecular complexity index is 187. The molecular weight excluding hydrogens is 247 g/mol. The zero-order valence-corrected chi connectivity index (χ0v) is 11.2. The molecule has 0 saturated heterocycles. The molecule has 0 aromatic heterocycles. The fourth-order valence-electron chi connectivity index (χ4n) is 1.26. The molecule has 3 nitrogen and oxygen atoms in total. The third kappa shape index (κ3) is 15.7. The van der Waals surface area contributed by atoms with Crippen molar-refractivity contribution in [1.29, 1.82) is 0 Å². The summed E-state index contributed by atoms with van der Waals surface area (Å²) in [5.41, 5.74) is 0. The summed E-state index contributed by atoms with van der Waals surface area (Å²) < 4.78 is 45.8. The first-order valence-electron chi connectivity index (χ1n) is 6.38. The number of nitrogens with one attached hydrogen (secondary N) is 1. The van der Waals surface area contributed by atoms with E-state index in [1.54, 1.807) is 0 Å². The molecule has 0 aliphatic rings. The number of alkyl halides is 3. The minimum absolute atomic E-state index is 0.0335. The number of ether oxygens (including phenoxy) is 2. The summed E-state index contributed by atoms with van der Waals surface area (Å²) in [6, 6.07) is 0. The van der Waals surface area contributed by atoms with Gasteiger partial charge in [0.2, 0.25) is 0 Å². The van der Waals surface area contributed by atoms with E-state index in [9.17, 15) is 13.2 Å². The van der Waals surface area contributed by atoms with Crippen molar-refractivity contribution in [3.8, 4) is 0 Å². The third-order valence-electron chi connectivity index (χ3n) is 2.12. The molecule has 110 valence electrons. The van der Waals surface area contributed by atoms with Crippen LogP contribution in [0.25, 0.3) is 0 Å². The number of rotatable bonds is 11. The maximum atomic E-state index is 11.8. The molecule has 0 radical (unpaired) electrons. The molecule has 0 aromatic rings. The van der Waals surface area contributed by atoms with E-state index in [2.05, 4.69) is 5.32 Å². The standard InChI is InChI=1S/C12H24F3NO2/c1-11(2)18-9-4-6-16-7-10-17-8-3-5-12(13,14)15/h11,16H,3-10H2,1-2H3. The fourth-order valence-corrected chi connectivity index (χ4v) is 1.26. The zero-order valence-electron chi connectivity index (χ0n) is 11.2. The second-order valence-electron chi connectivity index (χ2n) is 4.35. The Kier molecular flexibility index (Phi) is 10.4. The zero-order chi connectivity index (χ0) is 13.9. The second kappa shape index (κ2) is 10.6. The Morgan fingerprint density at radius 3 is 2.33 bits per heavy atom. The van der Waals surface area contributed by atoms with Crippen LogP contribution in [0.5, 0.6) is 0 Å². The fraction of sp³-hybridized carbons (Fsp3) is 1.00. The van der Waals surface area contributed by atoms with Gasteiger partial charge in [0.25, 0.3) is 0 Å². The molecule has 0 aliphatic heterocycles. The third-order valence-corrected chi connectivity index (χ3v) is 2.12. The number of hydrogen-bond acceptors (Lipinski definition) is 3. The summed E-state index contributed by atoms with van der Waals surface area (Å²) >= 11 is 0. The van der Waals surface area contributed by atoms with Crippen LogP contribution >= 0.6 is 0 Å². The lowest BCUT2D eigenvalue weighted by atomic mass is 10.3. The molecule has 0 amide bonds. The van der Waals surface area contributed by atoms with Gasteiger partial charge in [0.1, 0.15) is 0 Å². The van der Waals surface area contributed by atoms with Gasteiger partial charge in [-0.15, -0.1) is 0 Å². The van der Waals surface area contributed by atoms with Crippen LogP contribution in [0.15, 0.2) is 0 Å². The number of hydrogen-bond donors (Lipinski definition) is 1. The van der Waals surface area contributed by atoms with Crippen LogP contribution in [0, 0.1) is 0 Å². The Hall–Kier alpha value is -0.330. The Balaban J connectivity index is 3.04. The predicted molar refractivity (Wildman–Crippen MR) is 64.7 cm³/mol. The van der Waals surface area contributed by atoms with Gasteiger partial charge in [-0.3, -0.25) is 0 Å². The average Bonchev–Trinajstić information content (AvgIpc) is 2.24. The molecule has 0 unspecified atom stereocenters. The highest BCUT2D eigenvalue weighted by molar-refractivity contribution is 4.51. The first-order chi connectivity index (χ1) is 8.42. The van der Waals surface area contributed by atoms with Gasteiger partial charge in [0.05, 0.1) is 12.7 Å². The van der Waals surface area contributed by atoms with Crippen LogP contribution in [0.1, 0.15) is 33.1 Å². The van der Waals surface area contributed by atoms with E-state index in [0.29, 0.717) is 13.2 Å². The minimum Gasteiger partial charge on any atom is -0.380 e. The van der Waals surface area contributed by atoms with Gasteiger partial charge in [-0.05, 0) is 33.2 Å². The van der Waals surface area contributed by atoms with Gasteiger partial charge in [0.15, 0.2) is 0 Å². The molecule has 0 aromatic carbocycles. The number of halogens is 3. The lowest BCUT2D eigenvalue weighted by Gasteiger charge is -2.09. The molecule has 0 heterocycles. The second-order valence-corrected chi connectivity index (χ2v) is 4.35. The van der Waals surface area contributed by atoms with Crippen LogP contribution in [-0.4, -0.2) is 45.2 Å². The molecule has 0 spiro atoms. The first-order valence-corrected chi connectivity index (χ1v) is 6.38. The molecule has 0 rings (SSSR count). The summed E-state index contributed by atoms with van der Waals surface area (Å²) in [6.07, 6.45) is -3.63. The summed E-state index contributed by atoms with van der Waals surface area (Å²) in [5, 5.41) is 3.14. The van der Waals surface area contributed by atoms with E-state index in [-0.39, 0.29) is 19.1 Å². The van der Waals surface area contributed by atoms with Gasteiger partial charge in [-0.2, -0.15) is 13.2 Å². The van der Waals surface area contributed by atoms with Crippen molar-refractivity contribution < 1.29 is 22.6 Å². The molecule has 18 heavy (non-hydrogen) atoms. The summed E-state index contributed by atoms with van der Waals surface area (Å²) in [7, 11) is 0. The van der Waals surface area contributed by atoms with Gasteiger partial charge in [-0.1, -0.05) is 0 Å². The van der Waals surface area contributed by atoms with Crippen molar-refractivity contribution in [3.05, 3.63) is 0 Å². The van der Waals surface area contributed by atoms with Crippen molar-refractivity contribution in [2.75, 3.05) is 32.9 Å². The van der Waals surface area contributed by atoms with Crippen molar-refractivity contribution in [1.82, 2.24) is 5.32 Å². The van der Waals surface area contributed by atoms with Gasteiger partial charge >= 0.3 is 6.18 Å². The van der Waals surface area contributed by atoms with E-state index in [1.165, 1.54) is 0 Å².